The van der Waals surface area contributed by atoms with Gasteiger partial charge in [0.25, 0.3) is 0 Å². The van der Waals surface area contributed by atoms with Crippen molar-refractivity contribution in [3.8, 4) is 0 Å². The quantitative estimate of drug-likeness (QED) is 0.303. The van der Waals surface area contributed by atoms with Crippen molar-refractivity contribution in [2.75, 3.05) is 18.4 Å². The Morgan fingerprint density at radius 2 is 1.62 bits per heavy atom. The minimum atomic E-state index is -0.711. The summed E-state index contributed by atoms with van der Waals surface area (Å²) in [4.78, 5) is 58.9. The fourth-order valence-electron chi connectivity index (χ4n) is 2.90. The molecule has 0 aromatic heterocycles. The first-order valence-electron chi connectivity index (χ1n) is 11.5. The molecule has 0 radical (unpaired) electrons. The molecular formula is C24H36N4O6. The maximum absolute atomic E-state index is 12.4. The lowest BCUT2D eigenvalue weighted by Gasteiger charge is -2.21. The molecule has 188 valence electrons. The molecule has 0 bridgehead atoms. The fourth-order valence-corrected chi connectivity index (χ4v) is 2.90. The number of amides is 4. The number of hydrogen-bond donors (Lipinski definition) is 4. The van der Waals surface area contributed by atoms with Gasteiger partial charge in [-0.05, 0) is 43.4 Å². The number of hydrogen-bond acceptors (Lipinski definition) is 6. The number of nitrogens with one attached hydrogen (secondary N) is 4. The van der Waals surface area contributed by atoms with Crippen LogP contribution in [0.15, 0.2) is 24.3 Å². The van der Waals surface area contributed by atoms with Crippen LogP contribution in [0.3, 0.4) is 0 Å². The van der Waals surface area contributed by atoms with Crippen molar-refractivity contribution in [3.63, 3.8) is 0 Å². The topological polar surface area (TPSA) is 143 Å². The zero-order valence-corrected chi connectivity index (χ0v) is 20.4. The highest BCUT2D eigenvalue weighted by atomic mass is 16.5. The van der Waals surface area contributed by atoms with E-state index in [1.807, 2.05) is 20.8 Å². The van der Waals surface area contributed by atoms with E-state index in [4.69, 9.17) is 4.74 Å². The molecule has 0 saturated carbocycles. The second kappa shape index (κ2) is 15.4. The van der Waals surface area contributed by atoms with Crippen LogP contribution in [0.1, 0.15) is 58.9 Å². The van der Waals surface area contributed by atoms with E-state index in [1.165, 1.54) is 6.92 Å². The van der Waals surface area contributed by atoms with Gasteiger partial charge < -0.3 is 30.8 Å². The lowest BCUT2D eigenvalue weighted by Crippen LogP contribution is -2.50. The molecule has 0 aliphatic heterocycles. The van der Waals surface area contributed by atoms with Gasteiger partial charge in [0.15, 0.2) is 0 Å². The molecule has 0 spiro atoms. The summed E-state index contributed by atoms with van der Waals surface area (Å²) >= 11 is 0. The van der Waals surface area contributed by atoms with Crippen LogP contribution in [0.25, 0.3) is 0 Å². The zero-order chi connectivity index (χ0) is 25.5. The molecule has 1 rings (SSSR count). The van der Waals surface area contributed by atoms with Crippen LogP contribution < -0.4 is 21.3 Å². The molecule has 0 heterocycles. The predicted molar refractivity (Wildman–Crippen MR) is 128 cm³/mol. The summed E-state index contributed by atoms with van der Waals surface area (Å²) < 4.78 is 5.11. The van der Waals surface area contributed by atoms with Crippen LogP contribution in [0.5, 0.6) is 0 Å². The molecule has 4 amide bonds. The Labute approximate surface area is 200 Å². The van der Waals surface area contributed by atoms with E-state index in [2.05, 4.69) is 21.3 Å². The minimum Gasteiger partial charge on any atom is -0.445 e. The molecule has 1 aromatic rings. The number of anilines is 1. The highest BCUT2D eigenvalue weighted by molar-refractivity contribution is 5.96. The third kappa shape index (κ3) is 12.0. The van der Waals surface area contributed by atoms with Crippen LogP contribution >= 0.6 is 0 Å². The number of benzene rings is 1. The first-order chi connectivity index (χ1) is 16.1. The summed E-state index contributed by atoms with van der Waals surface area (Å²) in [7, 11) is 0. The van der Waals surface area contributed by atoms with E-state index in [9.17, 15) is 24.0 Å². The smallest absolute Gasteiger partial charge is 0.407 e. The molecule has 1 unspecified atom stereocenters. The van der Waals surface area contributed by atoms with Crippen molar-refractivity contribution >= 4 is 35.3 Å². The first-order valence-corrected chi connectivity index (χ1v) is 11.5. The normalized spacial score (nSPS) is 11.3. The van der Waals surface area contributed by atoms with Crippen molar-refractivity contribution in [2.45, 2.75) is 66.0 Å². The van der Waals surface area contributed by atoms with Gasteiger partial charge in [-0.15, -0.1) is 0 Å². The predicted octanol–water partition coefficient (Wildman–Crippen LogP) is 2.28. The van der Waals surface area contributed by atoms with Gasteiger partial charge in [0, 0.05) is 25.1 Å². The highest BCUT2D eigenvalue weighted by Crippen LogP contribution is 2.10. The third-order valence-electron chi connectivity index (χ3n) is 4.75. The van der Waals surface area contributed by atoms with Crippen LogP contribution in [-0.4, -0.2) is 48.7 Å². The lowest BCUT2D eigenvalue weighted by atomic mass is 10.0. The van der Waals surface area contributed by atoms with E-state index in [0.717, 1.165) is 5.56 Å². The van der Waals surface area contributed by atoms with Crippen LogP contribution in [0, 0.1) is 5.92 Å². The Bertz CT molecular complexity index is 838. The number of alkyl carbamates (subject to hydrolysis) is 1. The maximum atomic E-state index is 12.4. The molecule has 0 saturated heterocycles. The highest BCUT2D eigenvalue weighted by Gasteiger charge is 2.24. The number of carbonyl (C=O) groups excluding carboxylic acids is 5. The van der Waals surface area contributed by atoms with Gasteiger partial charge in [0.05, 0.1) is 6.54 Å². The molecule has 0 aliphatic rings. The van der Waals surface area contributed by atoms with Crippen LogP contribution in [-0.2, 0) is 30.5 Å². The van der Waals surface area contributed by atoms with E-state index < -0.39 is 23.9 Å². The largest absolute Gasteiger partial charge is 0.445 e. The van der Waals surface area contributed by atoms with Gasteiger partial charge in [-0.2, -0.15) is 0 Å². The van der Waals surface area contributed by atoms with E-state index in [-0.39, 0.29) is 30.8 Å². The second-order valence-corrected chi connectivity index (χ2v) is 8.31. The molecule has 34 heavy (non-hydrogen) atoms. The van der Waals surface area contributed by atoms with Gasteiger partial charge >= 0.3 is 6.09 Å². The average Bonchev–Trinajstić information content (AvgIpc) is 2.78. The Balaban J connectivity index is 2.41. The van der Waals surface area contributed by atoms with Crippen LogP contribution in [0.2, 0.25) is 0 Å². The fraction of sp³-hybridized carbons (Fsp3) is 0.542. The SMILES string of the molecule is CCCC(=O)NC(C(=O)NCC(=O)Nc1ccc(COC(=O)NCCCC(C)=O)cc1)C(C)C. The van der Waals surface area contributed by atoms with Crippen molar-refractivity contribution < 1.29 is 28.7 Å². The number of Topliss-reactive ketones (excluding diaryl/α,β-unsaturated/α-hetero) is 1. The third-order valence-corrected chi connectivity index (χ3v) is 4.75. The summed E-state index contributed by atoms with van der Waals surface area (Å²) in [6, 6.07) is 6.01. The number of carbonyl (C=O) groups is 5. The number of ether oxygens (including phenoxy) is 1. The molecule has 10 nitrogen and oxygen atoms in total. The first kappa shape index (κ1) is 28.6. The molecule has 4 N–H and O–H groups in total. The lowest BCUT2D eigenvalue weighted by molar-refractivity contribution is -0.130. The average molecular weight is 477 g/mol. The van der Waals surface area contributed by atoms with Gasteiger partial charge in [0.1, 0.15) is 18.4 Å². The Kier molecular flexibility index (Phi) is 13.0. The molecule has 1 atom stereocenters. The molecule has 0 aliphatic carbocycles. The molecule has 10 heteroatoms. The molecule has 1 aromatic carbocycles. The molecule has 0 fully saturated rings. The van der Waals surface area contributed by atoms with Crippen molar-refractivity contribution in [1.82, 2.24) is 16.0 Å². The van der Waals surface area contributed by atoms with Crippen LogP contribution in [0.4, 0.5) is 10.5 Å². The Hall–Kier alpha value is -3.43. The monoisotopic (exact) mass is 476 g/mol. The maximum Gasteiger partial charge on any atom is 0.407 e. The summed E-state index contributed by atoms with van der Waals surface area (Å²) in [6.45, 7) is 7.21. The Morgan fingerprint density at radius 1 is 0.941 bits per heavy atom. The minimum absolute atomic E-state index is 0.0587. The van der Waals surface area contributed by atoms with Gasteiger partial charge in [-0.25, -0.2) is 4.79 Å². The van der Waals surface area contributed by atoms with Crippen molar-refractivity contribution in [2.24, 2.45) is 5.92 Å². The van der Waals surface area contributed by atoms with Crippen molar-refractivity contribution in [3.05, 3.63) is 29.8 Å². The van der Waals surface area contributed by atoms with E-state index >= 15 is 0 Å². The zero-order valence-electron chi connectivity index (χ0n) is 20.4. The van der Waals surface area contributed by atoms with E-state index in [0.29, 0.717) is 37.9 Å². The standard InChI is InChI=1S/C24H36N4O6/c1-5-7-20(30)28-22(16(2)3)23(32)26-14-21(31)27-19-11-9-18(10-12-19)15-34-24(33)25-13-6-8-17(4)29/h9-12,16,22H,5-8,13-15H2,1-4H3,(H,25,33)(H,26,32)(H,27,31)(H,28,30). The van der Waals surface area contributed by atoms with Gasteiger partial charge in [-0.3, -0.25) is 14.4 Å². The number of rotatable bonds is 14. The summed E-state index contributed by atoms with van der Waals surface area (Å²) in [6.07, 6.45) is 1.42. The summed E-state index contributed by atoms with van der Waals surface area (Å²) in [5, 5.41) is 10.5. The molecular weight excluding hydrogens is 440 g/mol. The van der Waals surface area contributed by atoms with Crippen molar-refractivity contribution in [1.29, 1.82) is 0 Å². The summed E-state index contributed by atoms with van der Waals surface area (Å²) in [5.74, 6) is -1.08. The number of ketones is 1. The summed E-state index contributed by atoms with van der Waals surface area (Å²) in [5.41, 5.74) is 1.25. The second-order valence-electron chi connectivity index (χ2n) is 8.31. The van der Waals surface area contributed by atoms with Gasteiger partial charge in [-0.1, -0.05) is 32.9 Å². The Morgan fingerprint density at radius 3 is 2.21 bits per heavy atom. The van der Waals surface area contributed by atoms with Gasteiger partial charge in [0.2, 0.25) is 17.7 Å². The van der Waals surface area contributed by atoms with E-state index in [1.54, 1.807) is 24.3 Å².